The third-order valence-electron chi connectivity index (χ3n) is 3.32. The maximum absolute atomic E-state index is 6.14. The van der Waals surface area contributed by atoms with Gasteiger partial charge in [-0.1, -0.05) is 54.4 Å². The summed E-state index contributed by atoms with van der Waals surface area (Å²) in [5, 5.41) is 4.48. The van der Waals surface area contributed by atoms with Crippen molar-refractivity contribution < 1.29 is 4.74 Å². The minimum Gasteiger partial charge on any atom is -0.489 e. The van der Waals surface area contributed by atoms with Crippen LogP contribution in [0, 0.1) is 0 Å². The Kier molecular flexibility index (Phi) is 5.92. The van der Waals surface area contributed by atoms with E-state index in [-0.39, 0.29) is 0 Å². The Morgan fingerprint density at radius 3 is 2.48 bits per heavy atom. The molecular formula is C17H19Cl2NO. The van der Waals surface area contributed by atoms with Gasteiger partial charge in [0.15, 0.2) is 0 Å². The van der Waals surface area contributed by atoms with Gasteiger partial charge in [0.05, 0.1) is 10.0 Å². The van der Waals surface area contributed by atoms with Crippen LogP contribution in [0.15, 0.2) is 42.5 Å². The molecule has 2 aromatic carbocycles. The summed E-state index contributed by atoms with van der Waals surface area (Å²) < 4.78 is 5.76. The van der Waals surface area contributed by atoms with E-state index in [4.69, 9.17) is 27.9 Å². The van der Waals surface area contributed by atoms with Gasteiger partial charge in [-0.05, 0) is 37.2 Å². The van der Waals surface area contributed by atoms with Gasteiger partial charge < -0.3 is 10.1 Å². The van der Waals surface area contributed by atoms with Gasteiger partial charge in [0.25, 0.3) is 0 Å². The fourth-order valence-electron chi connectivity index (χ4n) is 2.10. The maximum atomic E-state index is 6.14. The highest BCUT2D eigenvalue weighted by Gasteiger charge is 2.06. The predicted octanol–water partition coefficient (Wildman–Crippen LogP) is 5.24. The van der Waals surface area contributed by atoms with Crippen LogP contribution in [0.25, 0.3) is 0 Å². The van der Waals surface area contributed by atoms with Gasteiger partial charge in [-0.2, -0.15) is 0 Å². The van der Waals surface area contributed by atoms with Gasteiger partial charge in [-0.15, -0.1) is 0 Å². The van der Waals surface area contributed by atoms with E-state index in [0.717, 1.165) is 17.9 Å². The Bertz CT molecular complexity index is 584. The normalized spacial score (nSPS) is 12.2. The molecule has 0 saturated carbocycles. The molecule has 112 valence electrons. The van der Waals surface area contributed by atoms with Crippen LogP contribution >= 0.6 is 23.2 Å². The summed E-state index contributed by atoms with van der Waals surface area (Å²) in [4.78, 5) is 0. The molecule has 0 heterocycles. The first-order valence-electron chi connectivity index (χ1n) is 7.01. The van der Waals surface area contributed by atoms with Crippen molar-refractivity contribution in [3.05, 3.63) is 63.6 Å². The largest absolute Gasteiger partial charge is 0.489 e. The second-order valence-corrected chi connectivity index (χ2v) is 5.64. The zero-order chi connectivity index (χ0) is 15.2. The molecule has 1 atom stereocenters. The van der Waals surface area contributed by atoms with Crippen molar-refractivity contribution in [3.8, 4) is 5.75 Å². The number of hydrogen-bond donors (Lipinski definition) is 1. The molecule has 0 aliphatic rings. The summed E-state index contributed by atoms with van der Waals surface area (Å²) in [7, 11) is 0. The lowest BCUT2D eigenvalue weighted by Crippen LogP contribution is -2.17. The van der Waals surface area contributed by atoms with Crippen molar-refractivity contribution in [1.29, 1.82) is 0 Å². The summed E-state index contributed by atoms with van der Waals surface area (Å²) in [5.41, 5.74) is 2.12. The van der Waals surface area contributed by atoms with Crippen LogP contribution in [0.4, 0.5) is 0 Å². The van der Waals surface area contributed by atoms with Crippen LogP contribution in [-0.2, 0) is 6.61 Å². The second-order valence-electron chi connectivity index (χ2n) is 4.85. The molecular weight excluding hydrogens is 305 g/mol. The number of benzene rings is 2. The molecule has 0 fully saturated rings. The van der Waals surface area contributed by atoms with Crippen LogP contribution < -0.4 is 10.1 Å². The van der Waals surface area contributed by atoms with E-state index in [1.165, 1.54) is 5.56 Å². The summed E-state index contributed by atoms with van der Waals surface area (Å²) in [6.07, 6.45) is 0. The van der Waals surface area contributed by atoms with E-state index in [0.29, 0.717) is 22.7 Å². The predicted molar refractivity (Wildman–Crippen MR) is 89.3 cm³/mol. The monoisotopic (exact) mass is 323 g/mol. The fourth-order valence-corrected chi connectivity index (χ4v) is 2.47. The molecule has 0 amide bonds. The molecule has 0 saturated heterocycles. The Balaban J connectivity index is 1.99. The van der Waals surface area contributed by atoms with Gasteiger partial charge >= 0.3 is 0 Å². The lowest BCUT2D eigenvalue weighted by molar-refractivity contribution is 0.306. The first-order valence-corrected chi connectivity index (χ1v) is 7.76. The Morgan fingerprint density at radius 1 is 1.10 bits per heavy atom. The highest BCUT2D eigenvalue weighted by Crippen LogP contribution is 2.26. The number of nitrogens with one attached hydrogen (secondary N) is 1. The molecule has 0 aliphatic heterocycles. The van der Waals surface area contributed by atoms with Crippen molar-refractivity contribution in [2.24, 2.45) is 0 Å². The molecule has 2 rings (SSSR count). The fraction of sp³-hybridized carbons (Fsp3) is 0.294. The van der Waals surface area contributed by atoms with Gasteiger partial charge in [0.1, 0.15) is 12.4 Å². The summed E-state index contributed by atoms with van der Waals surface area (Å²) >= 11 is 12.1. The van der Waals surface area contributed by atoms with Gasteiger partial charge in [0.2, 0.25) is 0 Å². The maximum Gasteiger partial charge on any atom is 0.119 e. The van der Waals surface area contributed by atoms with Crippen molar-refractivity contribution >= 4 is 23.2 Å². The van der Waals surface area contributed by atoms with Crippen LogP contribution in [0.1, 0.15) is 31.0 Å². The van der Waals surface area contributed by atoms with Crippen molar-refractivity contribution in [3.63, 3.8) is 0 Å². The number of hydrogen-bond acceptors (Lipinski definition) is 2. The highest BCUT2D eigenvalue weighted by atomic mass is 35.5. The molecule has 0 radical (unpaired) electrons. The van der Waals surface area contributed by atoms with Crippen molar-refractivity contribution in [2.75, 3.05) is 6.54 Å². The average Bonchev–Trinajstić information content (AvgIpc) is 2.49. The van der Waals surface area contributed by atoms with Crippen LogP contribution in [-0.4, -0.2) is 6.54 Å². The third-order valence-corrected chi connectivity index (χ3v) is 4.17. The van der Waals surface area contributed by atoms with E-state index >= 15 is 0 Å². The van der Waals surface area contributed by atoms with E-state index < -0.39 is 0 Å². The van der Waals surface area contributed by atoms with Crippen molar-refractivity contribution in [1.82, 2.24) is 5.32 Å². The molecule has 0 aromatic heterocycles. The molecule has 1 unspecified atom stereocenters. The van der Waals surface area contributed by atoms with Gasteiger partial charge in [-0.25, -0.2) is 0 Å². The molecule has 4 heteroatoms. The SMILES string of the molecule is CCNC(C)c1ccc(OCc2cccc(Cl)c2Cl)cc1. The summed E-state index contributed by atoms with van der Waals surface area (Å²) in [6, 6.07) is 14.0. The average molecular weight is 324 g/mol. The molecule has 21 heavy (non-hydrogen) atoms. The first-order chi connectivity index (χ1) is 10.1. The zero-order valence-electron chi connectivity index (χ0n) is 12.2. The second kappa shape index (κ2) is 7.69. The Morgan fingerprint density at radius 2 is 1.81 bits per heavy atom. The molecule has 2 nitrogen and oxygen atoms in total. The lowest BCUT2D eigenvalue weighted by atomic mass is 10.1. The number of ether oxygens (including phenoxy) is 1. The van der Waals surface area contributed by atoms with E-state index in [9.17, 15) is 0 Å². The van der Waals surface area contributed by atoms with Crippen LogP contribution in [0.3, 0.4) is 0 Å². The number of halogens is 2. The lowest BCUT2D eigenvalue weighted by Gasteiger charge is -2.14. The van der Waals surface area contributed by atoms with Crippen LogP contribution in [0.2, 0.25) is 10.0 Å². The van der Waals surface area contributed by atoms with E-state index in [2.05, 4.69) is 31.3 Å². The Hall–Kier alpha value is -1.22. The zero-order valence-corrected chi connectivity index (χ0v) is 13.7. The Labute approximate surface area is 136 Å². The summed E-state index contributed by atoms with van der Waals surface area (Å²) in [5.74, 6) is 0.818. The minimum atomic E-state index is 0.339. The van der Waals surface area contributed by atoms with E-state index in [1.54, 1.807) is 6.07 Å². The van der Waals surface area contributed by atoms with Gasteiger partial charge in [0, 0.05) is 11.6 Å². The molecule has 0 aliphatic carbocycles. The van der Waals surface area contributed by atoms with Gasteiger partial charge in [-0.3, -0.25) is 0 Å². The van der Waals surface area contributed by atoms with Crippen LogP contribution in [0.5, 0.6) is 5.75 Å². The van der Waals surface area contributed by atoms with E-state index in [1.807, 2.05) is 24.3 Å². The first kappa shape index (κ1) is 16.2. The standard InChI is InChI=1S/C17H19Cl2NO/c1-3-20-12(2)13-7-9-15(10-8-13)21-11-14-5-4-6-16(18)17(14)19/h4-10,12,20H,3,11H2,1-2H3. The number of rotatable bonds is 6. The molecule has 0 spiro atoms. The topological polar surface area (TPSA) is 21.3 Å². The quantitative estimate of drug-likeness (QED) is 0.784. The smallest absolute Gasteiger partial charge is 0.119 e. The third kappa shape index (κ3) is 4.37. The minimum absolute atomic E-state index is 0.339. The molecule has 1 N–H and O–H groups in total. The highest BCUT2D eigenvalue weighted by molar-refractivity contribution is 6.42. The molecule has 2 aromatic rings. The van der Waals surface area contributed by atoms with Crippen molar-refractivity contribution in [2.45, 2.75) is 26.5 Å². The summed E-state index contributed by atoms with van der Waals surface area (Å²) in [6.45, 7) is 5.60. The molecule has 0 bridgehead atoms.